The van der Waals surface area contributed by atoms with Crippen molar-refractivity contribution in [2.75, 3.05) is 6.61 Å². The van der Waals surface area contributed by atoms with Gasteiger partial charge in [-0.05, 0) is 24.8 Å². The molecule has 0 spiro atoms. The molecule has 86 valence electrons. The molecule has 0 aromatic heterocycles. The molecule has 1 saturated heterocycles. The summed E-state index contributed by atoms with van der Waals surface area (Å²) >= 11 is 0. The molecule has 1 aliphatic heterocycles. The molecule has 1 aromatic carbocycles. The number of hydrogen-bond acceptors (Lipinski definition) is 1. The number of ether oxygens (including phenoxy) is 1. The van der Waals surface area contributed by atoms with Crippen molar-refractivity contribution in [3.8, 4) is 0 Å². The maximum absolute atomic E-state index is 5.18. The van der Waals surface area contributed by atoms with E-state index in [-0.39, 0.29) is 0 Å². The smallest absolute Gasteiger partial charge is 0.0975 e. The van der Waals surface area contributed by atoms with E-state index in [1.807, 2.05) is 0 Å². The van der Waals surface area contributed by atoms with Crippen molar-refractivity contribution in [3.63, 3.8) is 0 Å². The fraction of sp³-hybridized carbons (Fsp3) is 0.467. The Balaban J connectivity index is 1.54. The van der Waals surface area contributed by atoms with E-state index in [1.165, 1.54) is 37.7 Å². The van der Waals surface area contributed by atoms with E-state index >= 15 is 0 Å². The molecule has 0 N–H and O–H groups in total. The number of unbranched alkanes of at least 4 members (excludes halogenated alkanes) is 2. The zero-order valence-corrected chi connectivity index (χ0v) is 9.82. The van der Waals surface area contributed by atoms with E-state index in [0.29, 0.717) is 5.92 Å². The normalized spacial score (nSPS) is 19.0. The van der Waals surface area contributed by atoms with Crippen LogP contribution in [0.3, 0.4) is 0 Å². The molecule has 0 bridgehead atoms. The van der Waals surface area contributed by atoms with E-state index in [1.54, 1.807) is 0 Å². The molecule has 0 unspecified atom stereocenters. The van der Waals surface area contributed by atoms with Gasteiger partial charge in [0.05, 0.1) is 12.4 Å². The third-order valence-corrected chi connectivity index (χ3v) is 3.29. The van der Waals surface area contributed by atoms with Gasteiger partial charge >= 0.3 is 0 Å². The first-order valence-electron chi connectivity index (χ1n) is 6.22. The quantitative estimate of drug-likeness (QED) is 0.654. The van der Waals surface area contributed by atoms with Gasteiger partial charge in [0.15, 0.2) is 0 Å². The third kappa shape index (κ3) is 3.13. The van der Waals surface area contributed by atoms with Crippen LogP contribution in [0.5, 0.6) is 0 Å². The summed E-state index contributed by atoms with van der Waals surface area (Å²) in [7, 11) is 0. The summed E-state index contributed by atoms with van der Waals surface area (Å²) in [5, 5.41) is 0. The van der Waals surface area contributed by atoms with Crippen molar-refractivity contribution >= 4 is 0 Å². The van der Waals surface area contributed by atoms with Gasteiger partial charge in [-0.15, -0.1) is 0 Å². The molecule has 2 rings (SSSR count). The van der Waals surface area contributed by atoms with Crippen molar-refractivity contribution < 1.29 is 4.74 Å². The average molecular weight is 216 g/mol. The van der Waals surface area contributed by atoms with Gasteiger partial charge < -0.3 is 4.74 Å². The summed E-state index contributed by atoms with van der Waals surface area (Å²) in [6, 6.07) is 10.7. The molecule has 1 aliphatic rings. The lowest BCUT2D eigenvalue weighted by molar-refractivity contribution is 0.0443. The Labute approximate surface area is 98.1 Å². The summed E-state index contributed by atoms with van der Waals surface area (Å²) in [5.41, 5.74) is 1.46. The summed E-state index contributed by atoms with van der Waals surface area (Å²) < 4.78 is 5.18. The Kier molecular flexibility index (Phi) is 4.03. The van der Waals surface area contributed by atoms with Gasteiger partial charge in [-0.25, -0.2) is 0 Å². The Morgan fingerprint density at radius 1 is 1.12 bits per heavy atom. The summed E-state index contributed by atoms with van der Waals surface area (Å²) in [6.45, 7) is 4.77. The van der Waals surface area contributed by atoms with Crippen molar-refractivity contribution in [2.24, 2.45) is 5.92 Å². The first-order valence-corrected chi connectivity index (χ1v) is 6.22. The van der Waals surface area contributed by atoms with Crippen LogP contribution in [0, 0.1) is 5.92 Å². The molecule has 1 nitrogen and oxygen atoms in total. The van der Waals surface area contributed by atoms with Crippen LogP contribution in [0.15, 0.2) is 42.7 Å². The highest BCUT2D eigenvalue weighted by Gasteiger charge is 2.23. The van der Waals surface area contributed by atoms with Gasteiger partial charge in [0.1, 0.15) is 0 Å². The van der Waals surface area contributed by atoms with Crippen LogP contribution in [-0.4, -0.2) is 6.61 Å². The monoisotopic (exact) mass is 216 g/mol. The van der Waals surface area contributed by atoms with Gasteiger partial charge in [-0.2, -0.15) is 0 Å². The van der Waals surface area contributed by atoms with E-state index in [2.05, 4.69) is 36.9 Å². The van der Waals surface area contributed by atoms with E-state index in [0.717, 1.165) is 12.4 Å². The molecule has 1 aromatic rings. The number of rotatable bonds is 6. The predicted octanol–water partition coefficient (Wildman–Crippen LogP) is 3.95. The Morgan fingerprint density at radius 3 is 2.56 bits per heavy atom. The van der Waals surface area contributed by atoms with Gasteiger partial charge in [0.2, 0.25) is 0 Å². The van der Waals surface area contributed by atoms with E-state index in [4.69, 9.17) is 4.74 Å². The van der Waals surface area contributed by atoms with Crippen molar-refractivity contribution in [3.05, 3.63) is 48.2 Å². The van der Waals surface area contributed by atoms with Crippen LogP contribution >= 0.6 is 0 Å². The number of benzene rings is 1. The minimum atomic E-state index is 0.650. The lowest BCUT2D eigenvalue weighted by atomic mass is 9.96. The van der Waals surface area contributed by atoms with E-state index < -0.39 is 0 Å². The second-order valence-electron chi connectivity index (χ2n) is 4.56. The zero-order valence-electron chi connectivity index (χ0n) is 9.82. The van der Waals surface area contributed by atoms with Gasteiger partial charge in [0.25, 0.3) is 0 Å². The van der Waals surface area contributed by atoms with Gasteiger partial charge in [-0.1, -0.05) is 49.8 Å². The molecule has 1 atom stereocenters. The van der Waals surface area contributed by atoms with E-state index in [9.17, 15) is 0 Å². The molecule has 0 saturated carbocycles. The summed E-state index contributed by atoms with van der Waals surface area (Å²) in [5.74, 6) is 1.65. The maximum Gasteiger partial charge on any atom is 0.0975 e. The minimum absolute atomic E-state index is 0.650. The molecule has 0 amide bonds. The molecular weight excluding hydrogens is 196 g/mol. The molecule has 16 heavy (non-hydrogen) atoms. The second kappa shape index (κ2) is 5.74. The van der Waals surface area contributed by atoms with Gasteiger partial charge in [0, 0.05) is 5.92 Å². The summed E-state index contributed by atoms with van der Waals surface area (Å²) in [4.78, 5) is 0. The van der Waals surface area contributed by atoms with Crippen molar-refractivity contribution in [2.45, 2.75) is 32.1 Å². The molecular formula is C15H20O. The number of aryl methyl sites for hydroxylation is 1. The van der Waals surface area contributed by atoms with Crippen LogP contribution in [0.2, 0.25) is 0 Å². The molecule has 0 aliphatic carbocycles. The highest BCUT2D eigenvalue weighted by Crippen LogP contribution is 2.27. The van der Waals surface area contributed by atoms with Crippen LogP contribution in [-0.2, 0) is 11.2 Å². The zero-order chi connectivity index (χ0) is 11.2. The van der Waals surface area contributed by atoms with Crippen LogP contribution < -0.4 is 0 Å². The maximum atomic E-state index is 5.18. The molecule has 1 heteroatoms. The van der Waals surface area contributed by atoms with Crippen LogP contribution in [0.4, 0.5) is 0 Å². The summed E-state index contributed by atoms with van der Waals surface area (Å²) in [6.07, 6.45) is 6.39. The minimum Gasteiger partial charge on any atom is -0.497 e. The second-order valence-corrected chi connectivity index (χ2v) is 4.56. The highest BCUT2D eigenvalue weighted by atomic mass is 16.5. The molecule has 1 heterocycles. The SMILES string of the molecule is C=C1OC[C@@H]1CCCCCc1ccccc1. The molecule has 0 radical (unpaired) electrons. The fourth-order valence-electron chi connectivity index (χ4n) is 2.10. The number of hydrogen-bond donors (Lipinski definition) is 0. The predicted molar refractivity (Wildman–Crippen MR) is 67.2 cm³/mol. The lowest BCUT2D eigenvalue weighted by Gasteiger charge is -2.29. The standard InChI is InChI=1S/C15H20O/c1-13-15(12-16-13)11-7-3-6-10-14-8-4-2-5-9-14/h2,4-5,8-9,15H,1,3,6-7,10-12H2/t15-/m0/s1. The largest absolute Gasteiger partial charge is 0.497 e. The first kappa shape index (κ1) is 11.3. The Hall–Kier alpha value is -1.24. The van der Waals surface area contributed by atoms with Gasteiger partial charge in [-0.3, -0.25) is 0 Å². The average Bonchev–Trinajstić information content (AvgIpc) is 2.33. The molecule has 1 fully saturated rings. The van der Waals surface area contributed by atoms with Crippen LogP contribution in [0.1, 0.15) is 31.2 Å². The Bertz CT molecular complexity index is 329. The van der Waals surface area contributed by atoms with Crippen molar-refractivity contribution in [1.29, 1.82) is 0 Å². The van der Waals surface area contributed by atoms with Crippen LogP contribution in [0.25, 0.3) is 0 Å². The first-order chi connectivity index (χ1) is 7.86. The fourth-order valence-corrected chi connectivity index (χ4v) is 2.10. The highest BCUT2D eigenvalue weighted by molar-refractivity contribution is 5.14. The lowest BCUT2D eigenvalue weighted by Crippen LogP contribution is -2.24. The Morgan fingerprint density at radius 2 is 1.94 bits per heavy atom. The third-order valence-electron chi connectivity index (χ3n) is 3.29. The van der Waals surface area contributed by atoms with Crippen molar-refractivity contribution in [1.82, 2.24) is 0 Å². The topological polar surface area (TPSA) is 9.23 Å².